The average Bonchev–Trinajstić information content (AvgIpc) is 2.54. The van der Waals surface area contributed by atoms with Crippen LogP contribution in [0.2, 0.25) is 0 Å². The summed E-state index contributed by atoms with van der Waals surface area (Å²) in [4.78, 5) is 23.6. The molecule has 150 valence electrons. The first-order chi connectivity index (χ1) is 13.0. The normalized spacial score (nSPS) is 12.3. The Kier molecular flexibility index (Phi) is 6.58. The van der Waals surface area contributed by atoms with Crippen LogP contribution in [-0.4, -0.2) is 26.3 Å². The molecule has 0 fully saturated rings. The van der Waals surface area contributed by atoms with Gasteiger partial charge in [-0.15, -0.1) is 0 Å². The van der Waals surface area contributed by atoms with Crippen molar-refractivity contribution in [3.8, 4) is 0 Å². The number of anilines is 2. The van der Waals surface area contributed by atoms with E-state index in [1.54, 1.807) is 50.2 Å². The summed E-state index contributed by atoms with van der Waals surface area (Å²) in [5, 5.41) is 5.28. The highest BCUT2D eigenvalue weighted by atomic mass is 32.2. The summed E-state index contributed by atoms with van der Waals surface area (Å²) in [7, 11) is -3.85. The van der Waals surface area contributed by atoms with E-state index in [1.807, 2.05) is 6.92 Å². The van der Waals surface area contributed by atoms with Gasteiger partial charge in [-0.2, -0.15) is 4.72 Å². The molecule has 0 aromatic heterocycles. The van der Waals surface area contributed by atoms with Gasteiger partial charge < -0.3 is 10.6 Å². The first-order valence-electron chi connectivity index (χ1n) is 8.78. The quantitative estimate of drug-likeness (QED) is 0.690. The minimum atomic E-state index is -3.85. The van der Waals surface area contributed by atoms with Crippen LogP contribution in [-0.2, 0) is 19.6 Å². The molecule has 28 heavy (non-hydrogen) atoms. The van der Waals surface area contributed by atoms with E-state index in [1.165, 1.54) is 13.8 Å². The van der Waals surface area contributed by atoms with Gasteiger partial charge in [-0.3, -0.25) is 9.59 Å². The summed E-state index contributed by atoms with van der Waals surface area (Å²) < 4.78 is 28.0. The van der Waals surface area contributed by atoms with Crippen LogP contribution in [0.15, 0.2) is 41.3 Å². The van der Waals surface area contributed by atoms with Gasteiger partial charge in [0.25, 0.3) is 0 Å². The van der Waals surface area contributed by atoms with Crippen molar-refractivity contribution in [1.82, 2.24) is 4.72 Å². The van der Waals surface area contributed by atoms with Gasteiger partial charge in [0.15, 0.2) is 0 Å². The maximum atomic E-state index is 12.8. The summed E-state index contributed by atoms with van der Waals surface area (Å²) >= 11 is 0. The summed E-state index contributed by atoms with van der Waals surface area (Å²) in [6.45, 7) is 8.25. The van der Waals surface area contributed by atoms with Crippen molar-refractivity contribution in [1.29, 1.82) is 0 Å². The van der Waals surface area contributed by atoms with Crippen LogP contribution in [0, 0.1) is 20.8 Å². The van der Waals surface area contributed by atoms with Crippen molar-refractivity contribution in [2.75, 3.05) is 10.6 Å². The Labute approximate surface area is 165 Å². The molecule has 2 aromatic rings. The molecule has 0 spiro atoms. The molecule has 0 aliphatic carbocycles. The second-order valence-electron chi connectivity index (χ2n) is 6.82. The molecule has 7 nitrogen and oxygen atoms in total. The van der Waals surface area contributed by atoms with Crippen LogP contribution in [0.5, 0.6) is 0 Å². The van der Waals surface area contributed by atoms with Crippen LogP contribution in [0.4, 0.5) is 11.4 Å². The van der Waals surface area contributed by atoms with E-state index >= 15 is 0 Å². The molecule has 2 amide bonds. The van der Waals surface area contributed by atoms with Crippen LogP contribution in [0.1, 0.15) is 30.5 Å². The van der Waals surface area contributed by atoms with Crippen molar-refractivity contribution in [3.63, 3.8) is 0 Å². The standard InChI is InChI=1S/C20H25N3O4S/c1-12-10-13(2)19(14(3)11-12)28(26,27)23-15(4)20(25)22-18-8-6-17(7-9-18)21-16(5)24/h6-11,15,23H,1-5H3,(H,21,24)(H,22,25). The maximum Gasteiger partial charge on any atom is 0.242 e. The number of sulfonamides is 1. The van der Waals surface area contributed by atoms with Gasteiger partial charge in [0.1, 0.15) is 0 Å². The number of benzene rings is 2. The minimum Gasteiger partial charge on any atom is -0.326 e. The Morgan fingerprint density at radius 1 is 0.893 bits per heavy atom. The Bertz CT molecular complexity index is 976. The third-order valence-corrected chi connectivity index (χ3v) is 5.92. The summed E-state index contributed by atoms with van der Waals surface area (Å²) in [6.07, 6.45) is 0. The SMILES string of the molecule is CC(=O)Nc1ccc(NC(=O)C(C)NS(=O)(=O)c2c(C)cc(C)cc2C)cc1. The Hall–Kier alpha value is -2.71. The summed E-state index contributed by atoms with van der Waals surface area (Å²) in [5.74, 6) is -0.681. The Morgan fingerprint density at radius 2 is 1.36 bits per heavy atom. The van der Waals surface area contributed by atoms with E-state index in [9.17, 15) is 18.0 Å². The Balaban J connectivity index is 2.10. The van der Waals surface area contributed by atoms with E-state index in [-0.39, 0.29) is 10.8 Å². The number of carbonyl (C=O) groups excluding carboxylic acids is 2. The fourth-order valence-corrected chi connectivity index (χ4v) is 4.68. The molecule has 0 bridgehead atoms. The number of nitrogens with one attached hydrogen (secondary N) is 3. The van der Waals surface area contributed by atoms with Crippen molar-refractivity contribution in [2.45, 2.75) is 45.6 Å². The van der Waals surface area contributed by atoms with Gasteiger partial charge in [0.05, 0.1) is 10.9 Å². The third kappa shape index (κ3) is 5.40. The lowest BCUT2D eigenvalue weighted by molar-refractivity contribution is -0.117. The molecule has 0 radical (unpaired) electrons. The van der Waals surface area contributed by atoms with Gasteiger partial charge in [-0.05, 0) is 63.1 Å². The predicted molar refractivity (Wildman–Crippen MR) is 110 cm³/mol. The smallest absolute Gasteiger partial charge is 0.242 e. The second-order valence-corrected chi connectivity index (χ2v) is 8.47. The van der Waals surface area contributed by atoms with Crippen LogP contribution in [0.25, 0.3) is 0 Å². The molecule has 1 unspecified atom stereocenters. The monoisotopic (exact) mass is 403 g/mol. The zero-order valence-electron chi connectivity index (χ0n) is 16.6. The highest BCUT2D eigenvalue weighted by Gasteiger charge is 2.25. The fraction of sp³-hybridized carbons (Fsp3) is 0.300. The van der Waals surface area contributed by atoms with Gasteiger partial charge in [0.2, 0.25) is 21.8 Å². The van der Waals surface area contributed by atoms with Crippen LogP contribution >= 0.6 is 0 Å². The molecule has 2 aromatic carbocycles. The third-order valence-electron chi connectivity index (χ3n) is 4.07. The fourth-order valence-electron chi connectivity index (χ4n) is 3.03. The van der Waals surface area contributed by atoms with Gasteiger partial charge in [0, 0.05) is 18.3 Å². The lowest BCUT2D eigenvalue weighted by Crippen LogP contribution is -2.41. The molecule has 0 aliphatic heterocycles. The molecular formula is C20H25N3O4S. The summed E-state index contributed by atoms with van der Waals surface area (Å²) in [6, 6.07) is 9.15. The van der Waals surface area contributed by atoms with E-state index < -0.39 is 22.0 Å². The molecular weight excluding hydrogens is 378 g/mol. The van der Waals surface area contributed by atoms with Gasteiger partial charge in [-0.25, -0.2) is 8.42 Å². The predicted octanol–water partition coefficient (Wildman–Crippen LogP) is 2.88. The van der Waals surface area contributed by atoms with E-state index in [0.717, 1.165) is 5.56 Å². The van der Waals surface area contributed by atoms with E-state index in [4.69, 9.17) is 0 Å². The number of hydrogen-bond donors (Lipinski definition) is 3. The molecule has 0 heterocycles. The molecule has 1 atom stereocenters. The summed E-state index contributed by atoms with van der Waals surface area (Å²) in [5.41, 5.74) is 3.33. The molecule has 2 rings (SSSR count). The van der Waals surface area contributed by atoms with Crippen molar-refractivity contribution < 1.29 is 18.0 Å². The molecule has 3 N–H and O–H groups in total. The zero-order chi connectivity index (χ0) is 21.1. The minimum absolute atomic E-state index is 0.192. The second kappa shape index (κ2) is 8.53. The number of hydrogen-bond acceptors (Lipinski definition) is 4. The van der Waals surface area contributed by atoms with Gasteiger partial charge >= 0.3 is 0 Å². The van der Waals surface area contributed by atoms with E-state index in [0.29, 0.717) is 22.5 Å². The highest BCUT2D eigenvalue weighted by Crippen LogP contribution is 2.22. The Morgan fingerprint density at radius 3 is 1.82 bits per heavy atom. The number of rotatable bonds is 6. The van der Waals surface area contributed by atoms with Crippen molar-refractivity contribution >= 4 is 33.2 Å². The zero-order valence-corrected chi connectivity index (χ0v) is 17.4. The van der Waals surface area contributed by atoms with E-state index in [2.05, 4.69) is 15.4 Å². The average molecular weight is 404 g/mol. The van der Waals surface area contributed by atoms with Crippen molar-refractivity contribution in [2.24, 2.45) is 0 Å². The number of aryl methyl sites for hydroxylation is 3. The number of carbonyl (C=O) groups is 2. The molecule has 8 heteroatoms. The largest absolute Gasteiger partial charge is 0.326 e. The maximum absolute atomic E-state index is 12.8. The van der Waals surface area contributed by atoms with Gasteiger partial charge in [-0.1, -0.05) is 17.7 Å². The lowest BCUT2D eigenvalue weighted by Gasteiger charge is -2.17. The first kappa shape index (κ1) is 21.6. The van der Waals surface area contributed by atoms with Crippen LogP contribution < -0.4 is 15.4 Å². The number of amides is 2. The lowest BCUT2D eigenvalue weighted by atomic mass is 10.1. The topological polar surface area (TPSA) is 104 Å². The van der Waals surface area contributed by atoms with Crippen molar-refractivity contribution in [3.05, 3.63) is 53.1 Å². The first-order valence-corrected chi connectivity index (χ1v) is 10.3. The molecule has 0 saturated carbocycles. The highest BCUT2D eigenvalue weighted by molar-refractivity contribution is 7.89. The van der Waals surface area contributed by atoms with Crippen LogP contribution in [0.3, 0.4) is 0 Å². The molecule has 0 aliphatic rings. The molecule has 0 saturated heterocycles.